The molecule has 3 saturated carbocycles. The zero-order valence-electron chi connectivity index (χ0n) is 21.1. The van der Waals surface area contributed by atoms with Crippen LogP contribution in [0, 0.1) is 28.6 Å². The number of aliphatic hydroxyl groups is 6. The van der Waals surface area contributed by atoms with Crippen LogP contribution in [-0.4, -0.2) is 65.8 Å². The molecule has 10 atom stereocenters. The molecule has 3 fully saturated rings. The van der Waals surface area contributed by atoms with Gasteiger partial charge in [0.05, 0.1) is 35.1 Å². The normalized spacial score (nSPS) is 48.2. The summed E-state index contributed by atoms with van der Waals surface area (Å²) in [6, 6.07) is 0. The van der Waals surface area contributed by atoms with Crippen LogP contribution in [0.1, 0.15) is 92.4 Å². The van der Waals surface area contributed by atoms with E-state index >= 15 is 0 Å². The van der Waals surface area contributed by atoms with Gasteiger partial charge < -0.3 is 30.6 Å². The second-order valence-corrected chi connectivity index (χ2v) is 13.2. The standard InChI is InChI=1S/C27H46O6/c1-23(2,31)11-10-22(30)26(5,32)21-9-13-27(33)18-7-6-16-14-19(28)20(29)15-24(16,3)17(18)8-12-25(21,27)4/h7,16-17,19-22,28-33H,6,8-15H2,1-5H3/t16-,17+,19-,20+,21+,22-,24+,25-,26-,27-/m1/s1. The van der Waals surface area contributed by atoms with Crippen molar-refractivity contribution in [3.05, 3.63) is 11.6 Å². The number of hydrogen-bond donors (Lipinski definition) is 6. The summed E-state index contributed by atoms with van der Waals surface area (Å²) in [5.41, 5.74) is -2.99. The number of allylic oxidation sites excluding steroid dienone is 1. The summed E-state index contributed by atoms with van der Waals surface area (Å²) in [6.07, 6.45) is 5.22. The maximum atomic E-state index is 12.2. The average molecular weight is 467 g/mol. The van der Waals surface area contributed by atoms with Crippen LogP contribution in [0.2, 0.25) is 0 Å². The quantitative estimate of drug-likeness (QED) is 0.347. The van der Waals surface area contributed by atoms with Crippen molar-refractivity contribution < 1.29 is 30.6 Å². The van der Waals surface area contributed by atoms with Crippen molar-refractivity contribution in [1.29, 1.82) is 0 Å². The monoisotopic (exact) mass is 466 g/mol. The Bertz CT molecular complexity index is 786. The summed E-state index contributed by atoms with van der Waals surface area (Å²) >= 11 is 0. The molecule has 0 aromatic rings. The van der Waals surface area contributed by atoms with E-state index in [-0.39, 0.29) is 17.3 Å². The van der Waals surface area contributed by atoms with Crippen molar-refractivity contribution in [2.24, 2.45) is 28.6 Å². The summed E-state index contributed by atoms with van der Waals surface area (Å²) in [5, 5.41) is 65.6. The zero-order valence-corrected chi connectivity index (χ0v) is 21.1. The lowest BCUT2D eigenvalue weighted by Gasteiger charge is -2.61. The number of aliphatic hydroxyl groups excluding tert-OH is 3. The Kier molecular flexibility index (Phi) is 6.21. The molecule has 0 aliphatic heterocycles. The van der Waals surface area contributed by atoms with Gasteiger partial charge in [-0.25, -0.2) is 0 Å². The first-order valence-corrected chi connectivity index (χ1v) is 13.0. The summed E-state index contributed by atoms with van der Waals surface area (Å²) in [6.45, 7) is 9.40. The number of rotatable bonds is 5. The molecule has 0 saturated heterocycles. The van der Waals surface area contributed by atoms with Crippen molar-refractivity contribution in [1.82, 2.24) is 0 Å². The Hall–Kier alpha value is -0.500. The SMILES string of the molecule is CC(C)(O)CC[C@@H](O)[C@](C)(O)[C@H]1CC[C@@]2(O)C3=CC[C@@H]4C[C@@H](O)[C@@H](O)C[C@]4(C)[C@H]3CC[C@]12C. The second kappa shape index (κ2) is 8.01. The van der Waals surface area contributed by atoms with Crippen LogP contribution in [0.15, 0.2) is 11.6 Å². The largest absolute Gasteiger partial charge is 0.390 e. The molecular formula is C27H46O6. The fourth-order valence-electron chi connectivity index (χ4n) is 8.47. The summed E-state index contributed by atoms with van der Waals surface area (Å²) in [4.78, 5) is 0. The van der Waals surface area contributed by atoms with Crippen molar-refractivity contribution in [2.45, 2.75) is 128 Å². The zero-order chi connectivity index (χ0) is 24.6. The highest BCUT2D eigenvalue weighted by molar-refractivity contribution is 5.36. The van der Waals surface area contributed by atoms with E-state index < -0.39 is 40.5 Å². The lowest BCUT2D eigenvalue weighted by molar-refractivity contribution is -0.175. The molecule has 4 rings (SSSR count). The van der Waals surface area contributed by atoms with Gasteiger partial charge in [0.1, 0.15) is 0 Å². The van der Waals surface area contributed by atoms with Crippen molar-refractivity contribution in [2.75, 3.05) is 0 Å². The molecule has 6 heteroatoms. The highest BCUT2D eigenvalue weighted by Crippen LogP contribution is 2.69. The third kappa shape index (κ3) is 3.84. The van der Waals surface area contributed by atoms with Crippen LogP contribution in [0.25, 0.3) is 0 Å². The Morgan fingerprint density at radius 2 is 1.73 bits per heavy atom. The molecule has 6 nitrogen and oxygen atoms in total. The van der Waals surface area contributed by atoms with Gasteiger partial charge in [0.2, 0.25) is 0 Å². The summed E-state index contributed by atoms with van der Waals surface area (Å²) in [7, 11) is 0. The average Bonchev–Trinajstić information content (AvgIpc) is 2.98. The third-order valence-corrected chi connectivity index (χ3v) is 10.7. The molecule has 4 aliphatic carbocycles. The lowest BCUT2D eigenvalue weighted by Crippen LogP contribution is -2.61. The minimum Gasteiger partial charge on any atom is -0.390 e. The Morgan fingerprint density at radius 3 is 2.36 bits per heavy atom. The fraction of sp³-hybridized carbons (Fsp3) is 0.926. The molecule has 0 unspecified atom stereocenters. The highest BCUT2D eigenvalue weighted by Gasteiger charge is 2.68. The topological polar surface area (TPSA) is 121 Å². The van der Waals surface area contributed by atoms with Gasteiger partial charge in [-0.05, 0) is 107 Å². The molecule has 0 amide bonds. The predicted molar refractivity (Wildman–Crippen MR) is 126 cm³/mol. The van der Waals surface area contributed by atoms with E-state index in [0.29, 0.717) is 44.4 Å². The van der Waals surface area contributed by atoms with Crippen LogP contribution < -0.4 is 0 Å². The molecule has 0 aromatic heterocycles. The molecule has 6 N–H and O–H groups in total. The van der Waals surface area contributed by atoms with E-state index in [1.165, 1.54) is 0 Å². The van der Waals surface area contributed by atoms with Gasteiger partial charge in [-0.2, -0.15) is 0 Å². The van der Waals surface area contributed by atoms with E-state index in [4.69, 9.17) is 0 Å². The van der Waals surface area contributed by atoms with Crippen molar-refractivity contribution in [3.63, 3.8) is 0 Å². The summed E-state index contributed by atoms with van der Waals surface area (Å²) in [5.74, 6) is 0.180. The van der Waals surface area contributed by atoms with Gasteiger partial charge in [-0.3, -0.25) is 0 Å². The van der Waals surface area contributed by atoms with Crippen LogP contribution >= 0.6 is 0 Å². The Labute approximate surface area is 198 Å². The van der Waals surface area contributed by atoms with Crippen LogP contribution in [-0.2, 0) is 0 Å². The third-order valence-electron chi connectivity index (χ3n) is 10.7. The Balaban J connectivity index is 1.62. The van der Waals surface area contributed by atoms with Gasteiger partial charge in [0, 0.05) is 5.41 Å². The van der Waals surface area contributed by atoms with Crippen LogP contribution in [0.5, 0.6) is 0 Å². The molecule has 33 heavy (non-hydrogen) atoms. The molecule has 0 aromatic carbocycles. The van der Waals surface area contributed by atoms with Gasteiger partial charge in [0.25, 0.3) is 0 Å². The molecule has 0 spiro atoms. The first-order valence-electron chi connectivity index (χ1n) is 13.0. The molecule has 0 radical (unpaired) electrons. The highest BCUT2D eigenvalue weighted by atomic mass is 16.3. The molecule has 0 bridgehead atoms. The molecule has 0 heterocycles. The minimum absolute atomic E-state index is 0.153. The molecular weight excluding hydrogens is 420 g/mol. The molecule has 190 valence electrons. The first kappa shape index (κ1) is 25.6. The molecule has 4 aliphatic rings. The van der Waals surface area contributed by atoms with E-state index in [9.17, 15) is 30.6 Å². The minimum atomic E-state index is -1.37. The van der Waals surface area contributed by atoms with Gasteiger partial charge >= 0.3 is 0 Å². The first-order chi connectivity index (χ1) is 15.1. The van der Waals surface area contributed by atoms with Crippen LogP contribution in [0.4, 0.5) is 0 Å². The lowest BCUT2D eigenvalue weighted by atomic mass is 9.46. The smallest absolute Gasteiger partial charge is 0.0916 e. The van der Waals surface area contributed by atoms with Gasteiger partial charge in [0.15, 0.2) is 0 Å². The van der Waals surface area contributed by atoms with Crippen molar-refractivity contribution in [3.8, 4) is 0 Å². The van der Waals surface area contributed by atoms with Crippen LogP contribution in [0.3, 0.4) is 0 Å². The number of fused-ring (bicyclic) bond motifs is 5. The number of hydrogen-bond acceptors (Lipinski definition) is 6. The predicted octanol–water partition coefficient (Wildman–Crippen LogP) is 2.68. The van der Waals surface area contributed by atoms with E-state index in [2.05, 4.69) is 19.9 Å². The maximum Gasteiger partial charge on any atom is 0.0916 e. The maximum absolute atomic E-state index is 12.2. The summed E-state index contributed by atoms with van der Waals surface area (Å²) < 4.78 is 0. The van der Waals surface area contributed by atoms with Gasteiger partial charge in [-0.1, -0.05) is 19.9 Å². The van der Waals surface area contributed by atoms with E-state index in [1.54, 1.807) is 20.8 Å². The van der Waals surface area contributed by atoms with Gasteiger partial charge in [-0.15, -0.1) is 0 Å². The van der Waals surface area contributed by atoms with Crippen molar-refractivity contribution >= 4 is 0 Å². The van der Waals surface area contributed by atoms with E-state index in [1.807, 2.05) is 0 Å². The second-order valence-electron chi connectivity index (χ2n) is 13.2. The van der Waals surface area contributed by atoms with E-state index in [0.717, 1.165) is 24.8 Å². The fourth-order valence-corrected chi connectivity index (χ4v) is 8.47. The Morgan fingerprint density at radius 1 is 1.06 bits per heavy atom.